The van der Waals surface area contributed by atoms with Crippen molar-refractivity contribution in [1.29, 1.82) is 0 Å². The molecule has 3 nitrogen and oxygen atoms in total. The second-order valence-electron chi connectivity index (χ2n) is 5.97. The molecule has 2 rings (SSSR count). The van der Waals surface area contributed by atoms with Crippen LogP contribution in [0.5, 0.6) is 5.88 Å². The highest BCUT2D eigenvalue weighted by atomic mass is 16.5. The Morgan fingerprint density at radius 2 is 2.25 bits per heavy atom. The molecule has 0 N–H and O–H groups in total. The van der Waals surface area contributed by atoms with Crippen molar-refractivity contribution in [3.05, 3.63) is 23.9 Å². The Bertz CT molecular complexity index is 406. The smallest absolute Gasteiger partial charge is 0.218 e. The SMILES string of the molecule is CCCCN1CCCC[C@H]1c1cccnc1OC(C)C. The molecule has 0 radical (unpaired) electrons. The Labute approximate surface area is 123 Å². The Morgan fingerprint density at radius 3 is 3.00 bits per heavy atom. The molecular formula is C17H28N2O. The fourth-order valence-electron chi connectivity index (χ4n) is 2.95. The third-order valence-corrected chi connectivity index (χ3v) is 3.92. The number of aromatic nitrogens is 1. The molecule has 0 aliphatic carbocycles. The number of nitrogens with zero attached hydrogens (tertiary/aromatic N) is 2. The summed E-state index contributed by atoms with van der Waals surface area (Å²) in [5.41, 5.74) is 1.28. The van der Waals surface area contributed by atoms with Crippen LogP contribution >= 0.6 is 0 Å². The first-order valence-corrected chi connectivity index (χ1v) is 8.08. The van der Waals surface area contributed by atoms with Gasteiger partial charge in [0, 0.05) is 17.8 Å². The lowest BCUT2D eigenvalue weighted by Gasteiger charge is -2.36. The second kappa shape index (κ2) is 7.63. The molecule has 1 saturated heterocycles. The van der Waals surface area contributed by atoms with Gasteiger partial charge in [-0.05, 0) is 52.3 Å². The van der Waals surface area contributed by atoms with Gasteiger partial charge in [-0.3, -0.25) is 4.90 Å². The van der Waals surface area contributed by atoms with Crippen LogP contribution in [0.4, 0.5) is 0 Å². The van der Waals surface area contributed by atoms with Crippen LogP contribution < -0.4 is 4.74 Å². The van der Waals surface area contributed by atoms with Crippen LogP contribution in [0, 0.1) is 0 Å². The topological polar surface area (TPSA) is 25.4 Å². The lowest BCUT2D eigenvalue weighted by molar-refractivity contribution is 0.139. The lowest BCUT2D eigenvalue weighted by Crippen LogP contribution is -2.34. The van der Waals surface area contributed by atoms with E-state index in [0.717, 1.165) is 5.88 Å². The first-order valence-electron chi connectivity index (χ1n) is 8.08. The summed E-state index contributed by atoms with van der Waals surface area (Å²) in [7, 11) is 0. The Balaban J connectivity index is 2.18. The molecule has 0 unspecified atom stereocenters. The van der Waals surface area contributed by atoms with Crippen LogP contribution in [0.2, 0.25) is 0 Å². The van der Waals surface area contributed by atoms with E-state index in [2.05, 4.69) is 36.7 Å². The van der Waals surface area contributed by atoms with Crippen LogP contribution in [-0.2, 0) is 0 Å². The summed E-state index contributed by atoms with van der Waals surface area (Å²) in [6, 6.07) is 4.71. The average molecular weight is 276 g/mol. The van der Waals surface area contributed by atoms with Gasteiger partial charge < -0.3 is 4.74 Å². The zero-order valence-electron chi connectivity index (χ0n) is 13.1. The molecule has 2 heterocycles. The Kier molecular flexibility index (Phi) is 5.84. The van der Waals surface area contributed by atoms with Crippen molar-refractivity contribution in [2.24, 2.45) is 0 Å². The van der Waals surface area contributed by atoms with Gasteiger partial charge in [-0.25, -0.2) is 4.98 Å². The summed E-state index contributed by atoms with van der Waals surface area (Å²) in [6.07, 6.45) is 8.40. The summed E-state index contributed by atoms with van der Waals surface area (Å²) >= 11 is 0. The number of hydrogen-bond acceptors (Lipinski definition) is 3. The van der Waals surface area contributed by atoms with E-state index in [1.807, 2.05) is 12.3 Å². The van der Waals surface area contributed by atoms with Crippen molar-refractivity contribution in [3.63, 3.8) is 0 Å². The largest absolute Gasteiger partial charge is 0.475 e. The number of hydrogen-bond donors (Lipinski definition) is 0. The standard InChI is InChI=1S/C17H28N2O/c1-4-5-12-19-13-7-6-10-16(19)15-9-8-11-18-17(15)20-14(2)3/h8-9,11,14,16H,4-7,10,12-13H2,1-3H3/t16-/m0/s1. The molecule has 1 aromatic rings. The molecule has 0 bridgehead atoms. The van der Waals surface area contributed by atoms with Crippen molar-refractivity contribution < 1.29 is 4.74 Å². The minimum atomic E-state index is 0.177. The highest BCUT2D eigenvalue weighted by Crippen LogP contribution is 2.35. The minimum absolute atomic E-state index is 0.177. The second-order valence-corrected chi connectivity index (χ2v) is 5.97. The third kappa shape index (κ3) is 3.95. The molecule has 1 aromatic heterocycles. The summed E-state index contributed by atoms with van der Waals surface area (Å²) in [6.45, 7) is 8.79. The van der Waals surface area contributed by atoms with Crippen molar-refractivity contribution >= 4 is 0 Å². The van der Waals surface area contributed by atoms with E-state index in [1.54, 1.807) is 0 Å². The molecule has 112 valence electrons. The lowest BCUT2D eigenvalue weighted by atomic mass is 9.95. The molecular weight excluding hydrogens is 248 g/mol. The molecule has 0 spiro atoms. The molecule has 1 atom stereocenters. The van der Waals surface area contributed by atoms with Crippen LogP contribution in [0.25, 0.3) is 0 Å². The first kappa shape index (κ1) is 15.3. The van der Waals surface area contributed by atoms with Gasteiger partial charge in [0.1, 0.15) is 0 Å². The van der Waals surface area contributed by atoms with Gasteiger partial charge >= 0.3 is 0 Å². The molecule has 0 saturated carbocycles. The third-order valence-electron chi connectivity index (χ3n) is 3.92. The van der Waals surface area contributed by atoms with E-state index in [4.69, 9.17) is 4.74 Å². The van der Waals surface area contributed by atoms with E-state index in [0.29, 0.717) is 6.04 Å². The predicted octanol–water partition coefficient (Wildman–Crippen LogP) is 4.20. The molecule has 1 aliphatic rings. The molecule has 1 fully saturated rings. The Morgan fingerprint density at radius 1 is 1.40 bits per heavy atom. The summed E-state index contributed by atoms with van der Waals surface area (Å²) in [5, 5.41) is 0. The van der Waals surface area contributed by atoms with E-state index in [1.165, 1.54) is 50.8 Å². The zero-order valence-corrected chi connectivity index (χ0v) is 13.1. The fourth-order valence-corrected chi connectivity index (χ4v) is 2.95. The fraction of sp³-hybridized carbons (Fsp3) is 0.706. The van der Waals surface area contributed by atoms with Crippen molar-refractivity contribution in [1.82, 2.24) is 9.88 Å². The van der Waals surface area contributed by atoms with Gasteiger partial charge in [-0.1, -0.05) is 25.8 Å². The van der Waals surface area contributed by atoms with Crippen LogP contribution in [0.15, 0.2) is 18.3 Å². The zero-order chi connectivity index (χ0) is 14.4. The highest BCUT2D eigenvalue weighted by molar-refractivity contribution is 5.29. The average Bonchev–Trinajstić information content (AvgIpc) is 2.45. The Hall–Kier alpha value is -1.09. The number of likely N-dealkylation sites (tertiary alicyclic amines) is 1. The maximum Gasteiger partial charge on any atom is 0.218 e. The van der Waals surface area contributed by atoms with Gasteiger partial charge in [0.2, 0.25) is 5.88 Å². The maximum atomic E-state index is 5.91. The predicted molar refractivity (Wildman–Crippen MR) is 83.1 cm³/mol. The van der Waals surface area contributed by atoms with Crippen molar-refractivity contribution in [3.8, 4) is 5.88 Å². The summed E-state index contributed by atoms with van der Waals surface area (Å²) in [4.78, 5) is 7.08. The van der Waals surface area contributed by atoms with E-state index in [-0.39, 0.29) is 6.10 Å². The summed E-state index contributed by atoms with van der Waals surface area (Å²) in [5.74, 6) is 0.830. The van der Waals surface area contributed by atoms with Crippen LogP contribution in [-0.4, -0.2) is 29.1 Å². The van der Waals surface area contributed by atoms with Gasteiger partial charge in [-0.2, -0.15) is 0 Å². The monoisotopic (exact) mass is 276 g/mol. The molecule has 20 heavy (non-hydrogen) atoms. The highest BCUT2D eigenvalue weighted by Gasteiger charge is 2.26. The minimum Gasteiger partial charge on any atom is -0.475 e. The van der Waals surface area contributed by atoms with E-state index in [9.17, 15) is 0 Å². The summed E-state index contributed by atoms with van der Waals surface area (Å²) < 4.78 is 5.91. The molecule has 0 aromatic carbocycles. The van der Waals surface area contributed by atoms with Gasteiger partial charge in [0.25, 0.3) is 0 Å². The van der Waals surface area contributed by atoms with Gasteiger partial charge in [0.15, 0.2) is 0 Å². The van der Waals surface area contributed by atoms with Crippen molar-refractivity contribution in [2.45, 2.75) is 65.0 Å². The van der Waals surface area contributed by atoms with Crippen LogP contribution in [0.1, 0.15) is 64.5 Å². The normalized spacial score (nSPS) is 20.3. The number of piperidine rings is 1. The quantitative estimate of drug-likeness (QED) is 0.778. The van der Waals surface area contributed by atoms with Crippen molar-refractivity contribution in [2.75, 3.05) is 13.1 Å². The number of pyridine rings is 1. The maximum absolute atomic E-state index is 5.91. The first-order chi connectivity index (χ1) is 9.72. The van der Waals surface area contributed by atoms with Crippen LogP contribution in [0.3, 0.4) is 0 Å². The number of ether oxygens (including phenoxy) is 1. The molecule has 0 amide bonds. The molecule has 3 heteroatoms. The van der Waals surface area contributed by atoms with E-state index < -0.39 is 0 Å². The number of unbranched alkanes of at least 4 members (excludes halogenated alkanes) is 1. The van der Waals surface area contributed by atoms with Gasteiger partial charge in [-0.15, -0.1) is 0 Å². The molecule has 1 aliphatic heterocycles. The van der Waals surface area contributed by atoms with E-state index >= 15 is 0 Å². The number of rotatable bonds is 6. The van der Waals surface area contributed by atoms with Gasteiger partial charge in [0.05, 0.1) is 6.10 Å².